The summed E-state index contributed by atoms with van der Waals surface area (Å²) in [5.74, 6) is -0.386. The van der Waals surface area contributed by atoms with Gasteiger partial charge in [0.25, 0.3) is 5.91 Å². The molecule has 1 amide bonds. The van der Waals surface area contributed by atoms with Gasteiger partial charge in [-0.1, -0.05) is 34.8 Å². The Balaban J connectivity index is 3.13. The monoisotopic (exact) mass is 310 g/mol. The molecule has 1 rings (SSSR count). The Morgan fingerprint density at radius 3 is 2.50 bits per heavy atom. The normalized spacial score (nSPS) is 10.8. The van der Waals surface area contributed by atoms with Crippen LogP contribution in [0, 0.1) is 0 Å². The second-order valence-electron chi connectivity index (χ2n) is 3.90. The second kappa shape index (κ2) is 6.57. The molecule has 0 atom stereocenters. The van der Waals surface area contributed by atoms with Gasteiger partial charge in [0.15, 0.2) is 0 Å². The van der Waals surface area contributed by atoms with E-state index in [0.717, 1.165) is 0 Å². The van der Waals surface area contributed by atoms with Crippen LogP contribution in [-0.4, -0.2) is 40.1 Å². The van der Waals surface area contributed by atoms with E-state index in [1.54, 1.807) is 0 Å². The quantitative estimate of drug-likeness (QED) is 0.930. The molecular weight excluding hydrogens is 298 g/mol. The van der Waals surface area contributed by atoms with Crippen LogP contribution in [0.1, 0.15) is 24.3 Å². The van der Waals surface area contributed by atoms with E-state index in [-0.39, 0.29) is 45.9 Å². The number of aliphatic hydroxyl groups is 1. The SMILES string of the molecule is CC(C)N(CCO)C(=O)c1ncc(Cl)c(Cl)c1Cl. The number of pyridine rings is 1. The van der Waals surface area contributed by atoms with Crippen LogP contribution in [0.3, 0.4) is 0 Å². The summed E-state index contributed by atoms with van der Waals surface area (Å²) in [6, 6.07) is -0.0861. The molecule has 0 fully saturated rings. The van der Waals surface area contributed by atoms with Gasteiger partial charge in [0, 0.05) is 18.8 Å². The van der Waals surface area contributed by atoms with Crippen LogP contribution in [0.5, 0.6) is 0 Å². The van der Waals surface area contributed by atoms with E-state index >= 15 is 0 Å². The number of halogens is 3. The third-order valence-corrected chi connectivity index (χ3v) is 3.59. The topological polar surface area (TPSA) is 53.4 Å². The van der Waals surface area contributed by atoms with Gasteiger partial charge >= 0.3 is 0 Å². The molecule has 1 N–H and O–H groups in total. The molecule has 0 unspecified atom stereocenters. The molecule has 1 heterocycles. The fraction of sp³-hybridized carbons (Fsp3) is 0.455. The van der Waals surface area contributed by atoms with Crippen molar-refractivity contribution in [2.24, 2.45) is 0 Å². The number of hydrogen-bond acceptors (Lipinski definition) is 3. The molecule has 1 aromatic rings. The molecule has 0 bridgehead atoms. The Labute approximate surface area is 120 Å². The average molecular weight is 312 g/mol. The number of amides is 1. The largest absolute Gasteiger partial charge is 0.395 e. The van der Waals surface area contributed by atoms with Crippen LogP contribution < -0.4 is 0 Å². The standard InChI is InChI=1S/C11H13Cl3N2O2/c1-6(2)16(3-4-17)11(18)10-9(14)8(13)7(12)5-15-10/h5-6,17H,3-4H2,1-2H3. The lowest BCUT2D eigenvalue weighted by atomic mass is 10.2. The maximum Gasteiger partial charge on any atom is 0.274 e. The third-order valence-electron chi connectivity index (χ3n) is 2.34. The fourth-order valence-electron chi connectivity index (χ4n) is 1.43. The highest BCUT2D eigenvalue weighted by Gasteiger charge is 2.23. The van der Waals surface area contributed by atoms with Crippen molar-refractivity contribution in [3.8, 4) is 0 Å². The van der Waals surface area contributed by atoms with Gasteiger partial charge in [-0.3, -0.25) is 4.79 Å². The zero-order valence-corrected chi connectivity index (χ0v) is 12.2. The van der Waals surface area contributed by atoms with Crippen LogP contribution in [-0.2, 0) is 0 Å². The smallest absolute Gasteiger partial charge is 0.274 e. The number of aliphatic hydroxyl groups excluding tert-OH is 1. The number of nitrogens with zero attached hydrogens (tertiary/aromatic N) is 2. The predicted octanol–water partition coefficient (Wildman–Crippen LogP) is 2.88. The highest BCUT2D eigenvalue weighted by atomic mass is 35.5. The van der Waals surface area contributed by atoms with Crippen molar-refractivity contribution >= 4 is 40.7 Å². The van der Waals surface area contributed by atoms with E-state index in [2.05, 4.69) is 4.98 Å². The summed E-state index contributed by atoms with van der Waals surface area (Å²) in [6.07, 6.45) is 1.28. The summed E-state index contributed by atoms with van der Waals surface area (Å²) in [5.41, 5.74) is 0.0354. The summed E-state index contributed by atoms with van der Waals surface area (Å²) in [5, 5.41) is 9.27. The molecule has 7 heteroatoms. The molecule has 100 valence electrons. The molecular formula is C11H13Cl3N2O2. The summed E-state index contributed by atoms with van der Waals surface area (Å²) in [6.45, 7) is 3.73. The van der Waals surface area contributed by atoms with E-state index in [0.29, 0.717) is 0 Å². The van der Waals surface area contributed by atoms with E-state index in [1.165, 1.54) is 11.1 Å². The summed E-state index contributed by atoms with van der Waals surface area (Å²) < 4.78 is 0. The van der Waals surface area contributed by atoms with Crippen LogP contribution in [0.2, 0.25) is 15.1 Å². The minimum Gasteiger partial charge on any atom is -0.395 e. The van der Waals surface area contributed by atoms with Crippen molar-refractivity contribution in [2.75, 3.05) is 13.2 Å². The molecule has 0 aliphatic rings. The molecule has 0 aromatic carbocycles. The van der Waals surface area contributed by atoms with Crippen molar-refractivity contribution in [3.05, 3.63) is 27.0 Å². The molecule has 0 spiro atoms. The molecule has 0 saturated carbocycles. The first-order valence-electron chi connectivity index (χ1n) is 5.31. The van der Waals surface area contributed by atoms with Crippen molar-refractivity contribution in [3.63, 3.8) is 0 Å². The van der Waals surface area contributed by atoms with Crippen molar-refractivity contribution in [1.82, 2.24) is 9.88 Å². The summed E-state index contributed by atoms with van der Waals surface area (Å²) in [7, 11) is 0. The number of aromatic nitrogens is 1. The molecule has 0 radical (unpaired) electrons. The number of carbonyl (C=O) groups is 1. The van der Waals surface area contributed by atoms with Crippen molar-refractivity contribution in [1.29, 1.82) is 0 Å². The van der Waals surface area contributed by atoms with Gasteiger partial charge in [-0.25, -0.2) is 4.98 Å². The highest BCUT2D eigenvalue weighted by Crippen LogP contribution is 2.31. The zero-order valence-electron chi connectivity index (χ0n) is 9.95. The zero-order chi connectivity index (χ0) is 13.9. The Morgan fingerprint density at radius 1 is 1.39 bits per heavy atom. The third kappa shape index (κ3) is 3.26. The first-order valence-corrected chi connectivity index (χ1v) is 6.44. The summed E-state index contributed by atoms with van der Waals surface area (Å²) in [4.78, 5) is 17.6. The summed E-state index contributed by atoms with van der Waals surface area (Å²) >= 11 is 17.6. The molecule has 4 nitrogen and oxygen atoms in total. The van der Waals surface area contributed by atoms with Crippen molar-refractivity contribution in [2.45, 2.75) is 19.9 Å². The Bertz CT molecular complexity index is 452. The van der Waals surface area contributed by atoms with Gasteiger partial charge in [-0.15, -0.1) is 0 Å². The molecule has 0 saturated heterocycles. The van der Waals surface area contributed by atoms with Crippen LogP contribution in [0.25, 0.3) is 0 Å². The Morgan fingerprint density at radius 2 is 2.00 bits per heavy atom. The minimum absolute atomic E-state index is 0.0257. The Hall–Kier alpha value is -0.550. The maximum absolute atomic E-state index is 12.2. The maximum atomic E-state index is 12.2. The average Bonchev–Trinajstić information content (AvgIpc) is 2.32. The Kier molecular flexibility index (Phi) is 5.66. The van der Waals surface area contributed by atoms with Gasteiger partial charge in [0.1, 0.15) is 5.69 Å². The van der Waals surface area contributed by atoms with Crippen LogP contribution in [0.15, 0.2) is 6.20 Å². The van der Waals surface area contributed by atoms with Gasteiger partial charge in [0.05, 0.1) is 21.7 Å². The van der Waals surface area contributed by atoms with Gasteiger partial charge in [-0.2, -0.15) is 0 Å². The number of rotatable bonds is 4. The number of carbonyl (C=O) groups excluding carboxylic acids is 1. The van der Waals surface area contributed by atoms with Gasteiger partial charge < -0.3 is 10.0 Å². The van der Waals surface area contributed by atoms with Crippen molar-refractivity contribution < 1.29 is 9.90 Å². The fourth-order valence-corrected chi connectivity index (χ4v) is 1.99. The first kappa shape index (κ1) is 15.5. The van der Waals surface area contributed by atoms with Gasteiger partial charge in [0.2, 0.25) is 0 Å². The molecule has 18 heavy (non-hydrogen) atoms. The lowest BCUT2D eigenvalue weighted by Crippen LogP contribution is -2.39. The van der Waals surface area contributed by atoms with Gasteiger partial charge in [-0.05, 0) is 13.8 Å². The molecule has 0 aliphatic heterocycles. The number of hydrogen-bond donors (Lipinski definition) is 1. The van der Waals surface area contributed by atoms with E-state index in [4.69, 9.17) is 39.9 Å². The molecule has 1 aromatic heterocycles. The van der Waals surface area contributed by atoms with E-state index in [1.807, 2.05) is 13.8 Å². The molecule has 0 aliphatic carbocycles. The predicted molar refractivity (Wildman–Crippen MR) is 72.5 cm³/mol. The van der Waals surface area contributed by atoms with Crippen LogP contribution >= 0.6 is 34.8 Å². The second-order valence-corrected chi connectivity index (χ2v) is 5.06. The van der Waals surface area contributed by atoms with Crippen LogP contribution in [0.4, 0.5) is 0 Å². The minimum atomic E-state index is -0.386. The van der Waals surface area contributed by atoms with E-state index in [9.17, 15) is 4.79 Å². The van der Waals surface area contributed by atoms with E-state index < -0.39 is 0 Å². The highest BCUT2D eigenvalue weighted by molar-refractivity contribution is 6.48. The lowest BCUT2D eigenvalue weighted by molar-refractivity contribution is 0.0659. The first-order chi connectivity index (χ1) is 8.40. The lowest BCUT2D eigenvalue weighted by Gasteiger charge is -2.25.